The van der Waals surface area contributed by atoms with Gasteiger partial charge in [0.2, 0.25) is 0 Å². The van der Waals surface area contributed by atoms with Crippen molar-refractivity contribution >= 4 is 0 Å². The minimum absolute atomic E-state index is 0.335. The zero-order valence-electron chi connectivity index (χ0n) is 13.7. The largest absolute Gasteiger partial charge is 0.310 e. The van der Waals surface area contributed by atoms with Crippen LogP contribution in [0.5, 0.6) is 0 Å². The van der Waals surface area contributed by atoms with Gasteiger partial charge in [0.1, 0.15) is 0 Å². The maximum Gasteiger partial charge on any atom is 0.0537 e. The second-order valence-corrected chi connectivity index (χ2v) is 5.85. The zero-order valence-corrected chi connectivity index (χ0v) is 13.7. The van der Waals surface area contributed by atoms with E-state index in [-0.39, 0.29) is 0 Å². The van der Waals surface area contributed by atoms with Gasteiger partial charge in [0.25, 0.3) is 0 Å². The molecule has 114 valence electrons. The molecule has 0 aliphatic carbocycles. The predicted octanol–water partition coefficient (Wildman–Crippen LogP) is 3.80. The third kappa shape index (κ3) is 4.43. The van der Waals surface area contributed by atoms with E-state index in [1.54, 1.807) is 0 Å². The van der Waals surface area contributed by atoms with Gasteiger partial charge < -0.3 is 5.32 Å². The third-order valence-corrected chi connectivity index (χ3v) is 3.68. The van der Waals surface area contributed by atoms with Crippen LogP contribution in [-0.2, 0) is 13.0 Å². The van der Waals surface area contributed by atoms with Crippen molar-refractivity contribution in [2.45, 2.75) is 53.1 Å². The lowest BCUT2D eigenvalue weighted by Gasteiger charge is -2.17. The van der Waals surface area contributed by atoms with Gasteiger partial charge in [-0.1, -0.05) is 43.2 Å². The Morgan fingerprint density at radius 3 is 2.48 bits per heavy atom. The third-order valence-electron chi connectivity index (χ3n) is 3.68. The summed E-state index contributed by atoms with van der Waals surface area (Å²) >= 11 is 0. The van der Waals surface area contributed by atoms with E-state index in [1.165, 1.54) is 22.3 Å². The van der Waals surface area contributed by atoms with Gasteiger partial charge in [0, 0.05) is 24.3 Å². The Morgan fingerprint density at radius 1 is 1.14 bits per heavy atom. The average molecular weight is 285 g/mol. The molecule has 3 heteroatoms. The molecule has 3 nitrogen and oxygen atoms in total. The summed E-state index contributed by atoms with van der Waals surface area (Å²) in [6.45, 7) is 10.6. The van der Waals surface area contributed by atoms with Crippen LogP contribution in [0.15, 0.2) is 30.6 Å². The number of nitrogens with one attached hydrogen (secondary N) is 1. The van der Waals surface area contributed by atoms with Gasteiger partial charge in [-0.25, -0.2) is 0 Å². The van der Waals surface area contributed by atoms with Crippen molar-refractivity contribution in [1.82, 2.24) is 15.1 Å². The van der Waals surface area contributed by atoms with E-state index < -0.39 is 0 Å². The van der Waals surface area contributed by atoms with Crippen LogP contribution in [0.1, 0.15) is 48.6 Å². The van der Waals surface area contributed by atoms with Crippen LogP contribution in [0, 0.1) is 13.8 Å². The molecule has 1 N–H and O–H groups in total. The average Bonchev–Trinajstić information content (AvgIpc) is 2.86. The van der Waals surface area contributed by atoms with Crippen molar-refractivity contribution < 1.29 is 0 Å². The van der Waals surface area contributed by atoms with Crippen molar-refractivity contribution in [3.8, 4) is 0 Å². The minimum atomic E-state index is 0.335. The smallest absolute Gasteiger partial charge is 0.0537 e. The monoisotopic (exact) mass is 285 g/mol. The van der Waals surface area contributed by atoms with Crippen molar-refractivity contribution in [2.75, 3.05) is 6.54 Å². The Bertz CT molecular complexity index is 551. The number of likely N-dealkylation sites (N-methyl/N-ethyl adjacent to an activating group) is 1. The quantitative estimate of drug-likeness (QED) is 0.838. The molecule has 0 bridgehead atoms. The van der Waals surface area contributed by atoms with Crippen LogP contribution in [0.4, 0.5) is 0 Å². The van der Waals surface area contributed by atoms with Gasteiger partial charge >= 0.3 is 0 Å². The van der Waals surface area contributed by atoms with Gasteiger partial charge in [-0.05, 0) is 38.8 Å². The van der Waals surface area contributed by atoms with Crippen LogP contribution >= 0.6 is 0 Å². The molecule has 2 aromatic rings. The van der Waals surface area contributed by atoms with Crippen molar-refractivity contribution in [3.05, 3.63) is 52.8 Å². The Hall–Kier alpha value is -1.61. The highest BCUT2D eigenvalue weighted by Gasteiger charge is 2.13. The van der Waals surface area contributed by atoms with Gasteiger partial charge in [-0.3, -0.25) is 4.68 Å². The summed E-state index contributed by atoms with van der Waals surface area (Å²) in [5.41, 5.74) is 5.34. The molecule has 0 amide bonds. The zero-order chi connectivity index (χ0) is 15.2. The summed E-state index contributed by atoms with van der Waals surface area (Å²) in [7, 11) is 0. The molecule has 0 radical (unpaired) electrons. The second kappa shape index (κ2) is 7.41. The molecule has 0 saturated heterocycles. The van der Waals surface area contributed by atoms with Crippen LogP contribution in [0.25, 0.3) is 0 Å². The highest BCUT2D eigenvalue weighted by molar-refractivity contribution is 5.30. The maximum absolute atomic E-state index is 4.46. The lowest BCUT2D eigenvalue weighted by atomic mass is 9.98. The molecule has 1 aromatic carbocycles. The van der Waals surface area contributed by atoms with Gasteiger partial charge in [-0.2, -0.15) is 5.10 Å². The summed E-state index contributed by atoms with van der Waals surface area (Å²) < 4.78 is 2.04. The highest BCUT2D eigenvalue weighted by atomic mass is 15.3. The topological polar surface area (TPSA) is 29.9 Å². The number of aromatic nitrogens is 2. The molecule has 0 spiro atoms. The van der Waals surface area contributed by atoms with Crippen LogP contribution < -0.4 is 5.32 Å². The van der Waals surface area contributed by atoms with E-state index in [9.17, 15) is 0 Å². The molecular weight excluding hydrogens is 258 g/mol. The van der Waals surface area contributed by atoms with Crippen molar-refractivity contribution in [3.63, 3.8) is 0 Å². The number of benzene rings is 1. The van der Waals surface area contributed by atoms with E-state index in [4.69, 9.17) is 0 Å². The van der Waals surface area contributed by atoms with Crippen LogP contribution in [-0.4, -0.2) is 16.3 Å². The molecule has 0 fully saturated rings. The summed E-state index contributed by atoms with van der Waals surface area (Å²) in [6.07, 6.45) is 6.31. The van der Waals surface area contributed by atoms with Crippen molar-refractivity contribution in [2.24, 2.45) is 0 Å². The van der Waals surface area contributed by atoms with E-state index in [0.29, 0.717) is 6.04 Å². The highest BCUT2D eigenvalue weighted by Crippen LogP contribution is 2.20. The number of aryl methyl sites for hydroxylation is 3. The summed E-state index contributed by atoms with van der Waals surface area (Å²) in [5.74, 6) is 0. The first kappa shape index (κ1) is 15.8. The van der Waals surface area contributed by atoms with E-state index >= 15 is 0 Å². The fourth-order valence-corrected chi connectivity index (χ4v) is 2.89. The Balaban J connectivity index is 2.17. The number of nitrogens with zero attached hydrogens (tertiary/aromatic N) is 2. The molecule has 21 heavy (non-hydrogen) atoms. The lowest BCUT2D eigenvalue weighted by molar-refractivity contribution is 0.546. The van der Waals surface area contributed by atoms with Crippen molar-refractivity contribution in [1.29, 1.82) is 0 Å². The summed E-state index contributed by atoms with van der Waals surface area (Å²) in [4.78, 5) is 0. The summed E-state index contributed by atoms with van der Waals surface area (Å²) in [6, 6.07) is 7.13. The van der Waals surface area contributed by atoms with E-state index in [2.05, 4.69) is 62.5 Å². The number of rotatable bonds is 7. The predicted molar refractivity (Wildman–Crippen MR) is 88.6 cm³/mol. The molecule has 2 rings (SSSR count). The normalized spacial score (nSPS) is 12.6. The Labute approximate surface area is 128 Å². The number of hydrogen-bond acceptors (Lipinski definition) is 2. The molecule has 0 aliphatic heterocycles. The van der Waals surface area contributed by atoms with Gasteiger partial charge in [0.05, 0.1) is 6.20 Å². The van der Waals surface area contributed by atoms with Crippen LogP contribution in [0.2, 0.25) is 0 Å². The minimum Gasteiger partial charge on any atom is -0.310 e. The van der Waals surface area contributed by atoms with Gasteiger partial charge in [-0.15, -0.1) is 0 Å². The maximum atomic E-state index is 4.46. The fraction of sp³-hybridized carbons (Fsp3) is 0.500. The second-order valence-electron chi connectivity index (χ2n) is 5.85. The summed E-state index contributed by atoms with van der Waals surface area (Å²) in [5, 5.41) is 8.05. The SMILES string of the molecule is CCCn1cc(C(Cc2cc(C)cc(C)c2)NCC)cn1. The first-order chi connectivity index (χ1) is 10.1. The van der Waals surface area contributed by atoms with E-state index in [1.807, 2.05) is 10.9 Å². The fourth-order valence-electron chi connectivity index (χ4n) is 2.89. The Kier molecular flexibility index (Phi) is 5.57. The first-order valence-corrected chi connectivity index (χ1v) is 7.95. The molecule has 1 aromatic heterocycles. The molecule has 0 aliphatic rings. The lowest BCUT2D eigenvalue weighted by Crippen LogP contribution is -2.22. The molecule has 1 heterocycles. The number of hydrogen-bond donors (Lipinski definition) is 1. The standard InChI is InChI=1S/C18H27N3/c1-5-7-21-13-17(12-20-21)18(19-6-2)11-16-9-14(3)8-15(4)10-16/h8-10,12-13,18-19H,5-7,11H2,1-4H3. The Morgan fingerprint density at radius 2 is 1.86 bits per heavy atom. The molecule has 1 unspecified atom stereocenters. The van der Waals surface area contributed by atoms with Gasteiger partial charge in [0.15, 0.2) is 0 Å². The first-order valence-electron chi connectivity index (χ1n) is 7.95. The van der Waals surface area contributed by atoms with Crippen LogP contribution in [0.3, 0.4) is 0 Å². The molecular formula is C18H27N3. The molecule has 0 saturated carbocycles. The molecule has 1 atom stereocenters. The van der Waals surface area contributed by atoms with E-state index in [0.717, 1.165) is 25.9 Å².